The fourth-order valence-corrected chi connectivity index (χ4v) is 5.07. The molecule has 1 fully saturated rings. The van der Waals surface area contributed by atoms with Gasteiger partial charge in [-0.3, -0.25) is 14.7 Å². The summed E-state index contributed by atoms with van der Waals surface area (Å²) < 4.78 is 86.7. The number of aromatic amines is 1. The van der Waals surface area contributed by atoms with E-state index < -0.39 is 39.1 Å². The van der Waals surface area contributed by atoms with Crippen molar-refractivity contribution in [2.24, 2.45) is 0 Å². The molecule has 10 nitrogen and oxygen atoms in total. The third kappa shape index (κ3) is 5.11. The second kappa shape index (κ2) is 9.47. The summed E-state index contributed by atoms with van der Waals surface area (Å²) in [5.41, 5.74) is 0.375. The molecule has 0 radical (unpaired) electrons. The van der Waals surface area contributed by atoms with Crippen molar-refractivity contribution in [2.75, 3.05) is 24.9 Å². The molecule has 4 aromatic rings. The smallest absolute Gasteiger partial charge is 0.416 e. The van der Waals surface area contributed by atoms with Crippen LogP contribution in [0.3, 0.4) is 0 Å². The van der Waals surface area contributed by atoms with Crippen LogP contribution in [0.25, 0.3) is 22.4 Å². The van der Waals surface area contributed by atoms with Gasteiger partial charge >= 0.3 is 6.18 Å². The standard InChI is InChI=1S/C23H21F4N7O3S/c1-12-19-21(32-31-12)29-20(30-22(19)37-17-11-34(2)10-16(17)24)13-3-5-15(6-4-13)33-38(35,36)18-9-14(7-8-28-18)23(25,26)27/h3-9,16-17,33H,10-11H2,1-2H3,(H,29,30,31,32)/t16-,17+/m0/s1. The SMILES string of the molecule is Cc1[nH]nc2nc(-c3ccc(NS(=O)(=O)c4cc(C(F)(F)F)ccn4)cc3)nc(O[C@@H]3CN(C)C[C@@H]3F)c12. The molecule has 200 valence electrons. The summed E-state index contributed by atoms with van der Waals surface area (Å²) in [7, 11) is -2.60. The maximum atomic E-state index is 14.4. The lowest BCUT2D eigenvalue weighted by molar-refractivity contribution is -0.137. The van der Waals surface area contributed by atoms with Gasteiger partial charge in [0.25, 0.3) is 10.0 Å². The highest BCUT2D eigenvalue weighted by molar-refractivity contribution is 7.92. The molecule has 5 rings (SSSR count). The molecule has 0 saturated carbocycles. The molecular weight excluding hydrogens is 530 g/mol. The molecule has 0 spiro atoms. The minimum Gasteiger partial charge on any atom is -0.469 e. The molecule has 1 aromatic carbocycles. The molecule has 1 aliphatic heterocycles. The van der Waals surface area contributed by atoms with Gasteiger partial charge in [0.05, 0.1) is 5.56 Å². The van der Waals surface area contributed by atoms with E-state index in [9.17, 15) is 26.0 Å². The zero-order valence-corrected chi connectivity index (χ0v) is 20.8. The Hall–Kier alpha value is -3.85. The summed E-state index contributed by atoms with van der Waals surface area (Å²) in [6.45, 7) is 2.39. The number of hydrogen-bond donors (Lipinski definition) is 2. The van der Waals surface area contributed by atoms with Gasteiger partial charge < -0.3 is 4.74 Å². The molecule has 0 bridgehead atoms. The third-order valence-corrected chi connectivity index (χ3v) is 7.22. The van der Waals surface area contributed by atoms with Gasteiger partial charge in [-0.2, -0.15) is 31.7 Å². The molecule has 0 unspecified atom stereocenters. The Balaban J connectivity index is 1.41. The van der Waals surface area contributed by atoms with Gasteiger partial charge in [-0.25, -0.2) is 14.4 Å². The maximum absolute atomic E-state index is 14.4. The minimum absolute atomic E-state index is 0.0791. The van der Waals surface area contributed by atoms with E-state index in [-0.39, 0.29) is 23.9 Å². The predicted octanol–water partition coefficient (Wildman–Crippen LogP) is 3.57. The highest BCUT2D eigenvalue weighted by Gasteiger charge is 2.34. The first kappa shape index (κ1) is 25.8. The number of sulfonamides is 1. The predicted molar refractivity (Wildman–Crippen MR) is 129 cm³/mol. The Kier molecular flexibility index (Phi) is 6.43. The van der Waals surface area contributed by atoms with Crippen molar-refractivity contribution in [3.05, 3.63) is 53.9 Å². The zero-order chi connectivity index (χ0) is 27.2. The van der Waals surface area contributed by atoms with Crippen molar-refractivity contribution < 1.29 is 30.7 Å². The summed E-state index contributed by atoms with van der Waals surface area (Å²) in [6, 6.07) is 6.97. The minimum atomic E-state index is -4.72. The van der Waals surface area contributed by atoms with Crippen molar-refractivity contribution in [1.29, 1.82) is 0 Å². The number of benzene rings is 1. The Labute approximate surface area is 214 Å². The molecule has 2 atom stereocenters. The highest BCUT2D eigenvalue weighted by atomic mass is 32.2. The van der Waals surface area contributed by atoms with Gasteiger partial charge in [0, 0.05) is 36.2 Å². The average Bonchev–Trinajstić information content (AvgIpc) is 3.39. The highest BCUT2D eigenvalue weighted by Crippen LogP contribution is 2.32. The fourth-order valence-electron chi connectivity index (χ4n) is 4.04. The van der Waals surface area contributed by atoms with Crippen LogP contribution >= 0.6 is 0 Å². The number of likely N-dealkylation sites (N-methyl/N-ethyl adjacent to an activating group) is 1. The van der Waals surface area contributed by atoms with Gasteiger partial charge in [0.15, 0.2) is 22.7 Å². The van der Waals surface area contributed by atoms with Crippen LogP contribution in [0.5, 0.6) is 5.88 Å². The lowest BCUT2D eigenvalue weighted by Gasteiger charge is -2.16. The van der Waals surface area contributed by atoms with Crippen LogP contribution in [-0.2, 0) is 16.2 Å². The molecule has 38 heavy (non-hydrogen) atoms. The molecule has 1 aliphatic rings. The summed E-state index contributed by atoms with van der Waals surface area (Å²) in [4.78, 5) is 14.3. The molecule has 4 heterocycles. The number of anilines is 1. The van der Waals surface area contributed by atoms with E-state index in [1.165, 1.54) is 24.3 Å². The topological polar surface area (TPSA) is 126 Å². The van der Waals surface area contributed by atoms with E-state index in [4.69, 9.17) is 4.74 Å². The number of alkyl halides is 4. The van der Waals surface area contributed by atoms with Crippen LogP contribution in [-0.4, -0.2) is 70.9 Å². The van der Waals surface area contributed by atoms with Crippen LogP contribution in [0, 0.1) is 6.92 Å². The van der Waals surface area contributed by atoms with E-state index >= 15 is 0 Å². The molecule has 1 saturated heterocycles. The first-order valence-electron chi connectivity index (χ1n) is 11.3. The average molecular weight is 552 g/mol. The van der Waals surface area contributed by atoms with E-state index in [0.29, 0.717) is 41.0 Å². The quantitative estimate of drug-likeness (QED) is 0.349. The van der Waals surface area contributed by atoms with Crippen molar-refractivity contribution in [2.45, 2.75) is 30.4 Å². The third-order valence-electron chi connectivity index (χ3n) is 5.94. The zero-order valence-electron chi connectivity index (χ0n) is 20.0. The number of hydrogen-bond acceptors (Lipinski definition) is 8. The van der Waals surface area contributed by atoms with Crippen molar-refractivity contribution in [3.8, 4) is 17.3 Å². The molecule has 0 aliphatic carbocycles. The van der Waals surface area contributed by atoms with Gasteiger partial charge in [-0.15, -0.1) is 0 Å². The molecule has 0 amide bonds. The number of fused-ring (bicyclic) bond motifs is 1. The number of likely N-dealkylation sites (tertiary alicyclic amines) is 1. The van der Waals surface area contributed by atoms with Gasteiger partial charge in [-0.1, -0.05) is 0 Å². The second-order valence-corrected chi connectivity index (χ2v) is 10.5. The van der Waals surface area contributed by atoms with Gasteiger partial charge in [0.1, 0.15) is 11.5 Å². The number of pyridine rings is 1. The number of ether oxygens (including phenoxy) is 1. The first-order chi connectivity index (χ1) is 17.9. The number of nitrogens with one attached hydrogen (secondary N) is 2. The molecule has 2 N–H and O–H groups in total. The van der Waals surface area contributed by atoms with Crippen LogP contribution < -0.4 is 9.46 Å². The number of rotatable bonds is 6. The molecular formula is C23H21F4N7O3S. The number of aryl methyl sites for hydroxylation is 1. The van der Waals surface area contributed by atoms with Crippen LogP contribution in [0.4, 0.5) is 23.2 Å². The largest absolute Gasteiger partial charge is 0.469 e. The fraction of sp³-hybridized carbons (Fsp3) is 0.304. The van der Waals surface area contributed by atoms with E-state index in [0.717, 1.165) is 6.20 Å². The summed E-state index contributed by atoms with van der Waals surface area (Å²) in [5, 5.41) is 6.72. The summed E-state index contributed by atoms with van der Waals surface area (Å²) >= 11 is 0. The Morgan fingerprint density at radius 2 is 1.87 bits per heavy atom. The van der Waals surface area contributed by atoms with Crippen LogP contribution in [0.1, 0.15) is 11.3 Å². The van der Waals surface area contributed by atoms with Crippen molar-refractivity contribution in [3.63, 3.8) is 0 Å². The molecule has 15 heteroatoms. The first-order valence-corrected chi connectivity index (χ1v) is 12.8. The number of nitrogens with zero attached hydrogens (tertiary/aromatic N) is 5. The van der Waals surface area contributed by atoms with Crippen molar-refractivity contribution in [1.82, 2.24) is 30.0 Å². The number of halogens is 4. The van der Waals surface area contributed by atoms with Crippen LogP contribution in [0.15, 0.2) is 47.6 Å². The summed E-state index contributed by atoms with van der Waals surface area (Å²) in [5.74, 6) is 0.370. The lowest BCUT2D eigenvalue weighted by atomic mass is 10.2. The molecule has 3 aromatic heterocycles. The monoisotopic (exact) mass is 551 g/mol. The Morgan fingerprint density at radius 3 is 2.53 bits per heavy atom. The maximum Gasteiger partial charge on any atom is 0.416 e. The Bertz CT molecular complexity index is 1590. The van der Waals surface area contributed by atoms with E-state index in [1.54, 1.807) is 14.0 Å². The Morgan fingerprint density at radius 1 is 1.13 bits per heavy atom. The van der Waals surface area contributed by atoms with E-state index in [2.05, 4.69) is 29.9 Å². The summed E-state index contributed by atoms with van der Waals surface area (Å²) in [6.07, 6.45) is -5.86. The van der Waals surface area contributed by atoms with E-state index in [1.807, 2.05) is 4.90 Å². The van der Waals surface area contributed by atoms with Gasteiger partial charge in [-0.05, 0) is 50.4 Å². The van der Waals surface area contributed by atoms with Crippen LogP contribution in [0.2, 0.25) is 0 Å². The number of aromatic nitrogens is 5. The normalized spacial score (nSPS) is 18.7. The van der Waals surface area contributed by atoms with Crippen molar-refractivity contribution >= 4 is 26.7 Å². The lowest BCUT2D eigenvalue weighted by Crippen LogP contribution is -2.27. The van der Waals surface area contributed by atoms with Gasteiger partial charge in [0.2, 0.25) is 5.88 Å². The second-order valence-electron chi connectivity index (χ2n) is 8.86. The number of H-pyrrole nitrogens is 1.